The number of benzene rings is 2. The normalized spacial score (nSPS) is 10.6. The average Bonchev–Trinajstić information content (AvgIpc) is 3.10. The lowest BCUT2D eigenvalue weighted by molar-refractivity contribution is -0.120. The standard InChI is InChI=1S/C18H16Cl2N4O/c19-16-6-5-15(17(20)8-16)7-18(25)22-9-13-1-3-14(4-2-13)10-24-12-21-11-23-24/h1-6,8,11-12H,7,9-10H2,(H,22,25). The topological polar surface area (TPSA) is 59.8 Å². The molecule has 25 heavy (non-hydrogen) atoms. The van der Waals surface area contributed by atoms with Crippen molar-refractivity contribution in [2.45, 2.75) is 19.5 Å². The second-order valence-corrected chi connectivity index (χ2v) is 6.44. The predicted molar refractivity (Wildman–Crippen MR) is 97.6 cm³/mol. The molecule has 0 unspecified atom stereocenters. The zero-order valence-corrected chi connectivity index (χ0v) is 14.8. The number of rotatable bonds is 6. The Morgan fingerprint density at radius 2 is 1.84 bits per heavy atom. The van der Waals surface area contributed by atoms with Crippen LogP contribution in [0.25, 0.3) is 0 Å². The van der Waals surface area contributed by atoms with E-state index in [-0.39, 0.29) is 12.3 Å². The fourth-order valence-electron chi connectivity index (χ4n) is 2.37. The van der Waals surface area contributed by atoms with E-state index in [1.54, 1.807) is 29.2 Å². The summed E-state index contributed by atoms with van der Waals surface area (Å²) >= 11 is 11.9. The van der Waals surface area contributed by atoms with Gasteiger partial charge >= 0.3 is 0 Å². The first-order valence-electron chi connectivity index (χ1n) is 7.71. The van der Waals surface area contributed by atoms with Gasteiger partial charge in [0.25, 0.3) is 0 Å². The maximum absolute atomic E-state index is 12.1. The minimum atomic E-state index is -0.0871. The zero-order valence-electron chi connectivity index (χ0n) is 13.3. The fraction of sp³-hybridized carbons (Fsp3) is 0.167. The highest BCUT2D eigenvalue weighted by Crippen LogP contribution is 2.21. The molecule has 0 saturated carbocycles. The summed E-state index contributed by atoms with van der Waals surface area (Å²) in [7, 11) is 0. The summed E-state index contributed by atoms with van der Waals surface area (Å²) in [6.07, 6.45) is 3.41. The number of hydrogen-bond acceptors (Lipinski definition) is 3. The van der Waals surface area contributed by atoms with Crippen LogP contribution in [-0.2, 0) is 24.3 Å². The lowest BCUT2D eigenvalue weighted by Crippen LogP contribution is -2.24. The molecule has 0 aliphatic heterocycles. The summed E-state index contributed by atoms with van der Waals surface area (Å²) in [5.41, 5.74) is 2.90. The molecule has 0 radical (unpaired) electrons. The molecule has 1 aromatic heterocycles. The van der Waals surface area contributed by atoms with Crippen LogP contribution >= 0.6 is 23.2 Å². The van der Waals surface area contributed by atoms with Crippen LogP contribution in [0.3, 0.4) is 0 Å². The number of hydrogen-bond donors (Lipinski definition) is 1. The van der Waals surface area contributed by atoms with Gasteiger partial charge in [0.05, 0.1) is 13.0 Å². The predicted octanol–water partition coefficient (Wildman–Crippen LogP) is 3.49. The maximum Gasteiger partial charge on any atom is 0.224 e. The Kier molecular flexibility index (Phi) is 5.68. The third-order valence-electron chi connectivity index (χ3n) is 3.69. The summed E-state index contributed by atoms with van der Waals surface area (Å²) in [5, 5.41) is 8.03. The minimum Gasteiger partial charge on any atom is -0.352 e. The maximum atomic E-state index is 12.1. The largest absolute Gasteiger partial charge is 0.352 e. The second kappa shape index (κ2) is 8.14. The number of halogens is 2. The molecule has 5 nitrogen and oxygen atoms in total. The van der Waals surface area contributed by atoms with Crippen LogP contribution in [0.5, 0.6) is 0 Å². The van der Waals surface area contributed by atoms with Crippen LogP contribution in [-0.4, -0.2) is 20.7 Å². The lowest BCUT2D eigenvalue weighted by Gasteiger charge is -2.08. The third kappa shape index (κ3) is 5.05. The molecule has 2 aromatic carbocycles. The molecule has 0 saturated heterocycles. The van der Waals surface area contributed by atoms with Crippen molar-refractivity contribution < 1.29 is 4.79 Å². The van der Waals surface area contributed by atoms with Crippen molar-refractivity contribution in [3.63, 3.8) is 0 Å². The quantitative estimate of drug-likeness (QED) is 0.718. The van der Waals surface area contributed by atoms with Gasteiger partial charge in [0.15, 0.2) is 0 Å². The number of nitrogens with one attached hydrogen (secondary N) is 1. The molecule has 0 fully saturated rings. The molecule has 3 rings (SSSR count). The first kappa shape index (κ1) is 17.5. The molecule has 7 heteroatoms. The van der Waals surface area contributed by atoms with Crippen LogP contribution in [0.4, 0.5) is 0 Å². The molecule has 0 aliphatic rings. The van der Waals surface area contributed by atoms with E-state index < -0.39 is 0 Å². The SMILES string of the molecule is O=C(Cc1ccc(Cl)cc1Cl)NCc1ccc(Cn2cncn2)cc1. The van der Waals surface area contributed by atoms with Crippen molar-refractivity contribution in [1.82, 2.24) is 20.1 Å². The van der Waals surface area contributed by atoms with E-state index in [9.17, 15) is 4.79 Å². The van der Waals surface area contributed by atoms with Crippen molar-refractivity contribution in [2.24, 2.45) is 0 Å². The van der Waals surface area contributed by atoms with Gasteiger partial charge in [0.2, 0.25) is 5.91 Å². The summed E-state index contributed by atoms with van der Waals surface area (Å²) in [6.45, 7) is 1.13. The van der Waals surface area contributed by atoms with E-state index in [4.69, 9.17) is 23.2 Å². The summed E-state index contributed by atoms with van der Waals surface area (Å²) in [5.74, 6) is -0.0871. The van der Waals surface area contributed by atoms with E-state index in [1.807, 2.05) is 24.3 Å². The van der Waals surface area contributed by atoms with E-state index in [1.165, 1.54) is 6.33 Å². The number of aromatic nitrogens is 3. The highest BCUT2D eigenvalue weighted by atomic mass is 35.5. The highest BCUT2D eigenvalue weighted by Gasteiger charge is 2.07. The van der Waals surface area contributed by atoms with Gasteiger partial charge in [0.1, 0.15) is 12.7 Å². The van der Waals surface area contributed by atoms with Crippen LogP contribution in [0, 0.1) is 0 Å². The lowest BCUT2D eigenvalue weighted by atomic mass is 10.1. The molecule has 128 valence electrons. The molecule has 0 aliphatic carbocycles. The molecule has 3 aromatic rings. The monoisotopic (exact) mass is 374 g/mol. The van der Waals surface area contributed by atoms with Crippen molar-refractivity contribution >= 4 is 29.1 Å². The fourth-order valence-corrected chi connectivity index (χ4v) is 2.84. The summed E-state index contributed by atoms with van der Waals surface area (Å²) in [6, 6.07) is 13.1. The van der Waals surface area contributed by atoms with E-state index in [2.05, 4.69) is 15.4 Å². The first-order chi connectivity index (χ1) is 12.1. The Labute approximate surface area is 155 Å². The van der Waals surface area contributed by atoms with Crippen LogP contribution in [0.2, 0.25) is 10.0 Å². The molecular formula is C18H16Cl2N4O. The van der Waals surface area contributed by atoms with Gasteiger partial charge in [-0.25, -0.2) is 9.67 Å². The van der Waals surface area contributed by atoms with Gasteiger partial charge in [-0.2, -0.15) is 5.10 Å². The Bertz CT molecular complexity index is 848. The molecule has 1 N–H and O–H groups in total. The van der Waals surface area contributed by atoms with E-state index in [0.717, 1.165) is 16.7 Å². The Balaban J connectivity index is 1.51. The van der Waals surface area contributed by atoms with Crippen LogP contribution in [0.1, 0.15) is 16.7 Å². The molecule has 1 heterocycles. The molecule has 1 amide bonds. The summed E-state index contributed by atoms with van der Waals surface area (Å²) in [4.78, 5) is 16.0. The van der Waals surface area contributed by atoms with Gasteiger partial charge in [-0.05, 0) is 28.8 Å². The van der Waals surface area contributed by atoms with Gasteiger partial charge in [-0.15, -0.1) is 0 Å². The number of amides is 1. The van der Waals surface area contributed by atoms with Crippen molar-refractivity contribution in [3.8, 4) is 0 Å². The van der Waals surface area contributed by atoms with E-state index >= 15 is 0 Å². The number of carbonyl (C=O) groups is 1. The molecule has 0 bridgehead atoms. The average molecular weight is 375 g/mol. The Morgan fingerprint density at radius 3 is 2.52 bits per heavy atom. The molecule has 0 spiro atoms. The van der Waals surface area contributed by atoms with Gasteiger partial charge in [-0.1, -0.05) is 53.5 Å². The summed E-state index contributed by atoms with van der Waals surface area (Å²) < 4.78 is 1.76. The third-order valence-corrected chi connectivity index (χ3v) is 4.28. The number of carbonyl (C=O) groups excluding carboxylic acids is 1. The first-order valence-corrected chi connectivity index (χ1v) is 8.46. The smallest absolute Gasteiger partial charge is 0.224 e. The number of nitrogens with zero attached hydrogens (tertiary/aromatic N) is 3. The van der Waals surface area contributed by atoms with Crippen LogP contribution < -0.4 is 5.32 Å². The Morgan fingerprint density at radius 1 is 1.08 bits per heavy atom. The molecule has 0 atom stereocenters. The van der Waals surface area contributed by atoms with Gasteiger partial charge in [-0.3, -0.25) is 4.79 Å². The van der Waals surface area contributed by atoms with Gasteiger partial charge in [0, 0.05) is 16.6 Å². The minimum absolute atomic E-state index is 0.0871. The van der Waals surface area contributed by atoms with Crippen molar-refractivity contribution in [3.05, 3.63) is 81.9 Å². The van der Waals surface area contributed by atoms with Crippen molar-refractivity contribution in [1.29, 1.82) is 0 Å². The molecular weight excluding hydrogens is 359 g/mol. The Hall–Kier alpha value is -2.37. The van der Waals surface area contributed by atoms with Crippen LogP contribution in [0.15, 0.2) is 55.1 Å². The van der Waals surface area contributed by atoms with Crippen molar-refractivity contribution in [2.75, 3.05) is 0 Å². The van der Waals surface area contributed by atoms with Gasteiger partial charge < -0.3 is 5.32 Å². The second-order valence-electron chi connectivity index (χ2n) is 5.60. The highest BCUT2D eigenvalue weighted by molar-refractivity contribution is 6.35. The van der Waals surface area contributed by atoms with E-state index in [0.29, 0.717) is 23.1 Å². The zero-order chi connectivity index (χ0) is 17.6.